The third kappa shape index (κ3) is 3.16. The molecule has 0 saturated carbocycles. The van der Waals surface area contributed by atoms with Gasteiger partial charge in [-0.2, -0.15) is 8.42 Å². The molecule has 0 aliphatic rings. The van der Waals surface area contributed by atoms with E-state index in [-0.39, 0.29) is 10.5 Å². The van der Waals surface area contributed by atoms with Crippen molar-refractivity contribution >= 4 is 59.2 Å². The summed E-state index contributed by atoms with van der Waals surface area (Å²) in [5.74, 6) is -0.935. The van der Waals surface area contributed by atoms with Crippen molar-refractivity contribution in [2.24, 2.45) is 0 Å². The van der Waals surface area contributed by atoms with Crippen LogP contribution in [0.25, 0.3) is 43.1 Å². The third-order valence-corrected chi connectivity index (χ3v) is 6.01. The molecule has 0 unspecified atom stereocenters. The van der Waals surface area contributed by atoms with Crippen molar-refractivity contribution < 1.29 is 22.9 Å². The van der Waals surface area contributed by atoms with Crippen LogP contribution in [-0.2, 0) is 14.9 Å². The van der Waals surface area contributed by atoms with Crippen LogP contribution in [0.2, 0.25) is 0 Å². The maximum Gasteiger partial charge on any atom is 0.330 e. The van der Waals surface area contributed by atoms with Crippen LogP contribution in [0.5, 0.6) is 0 Å². The molecule has 0 atom stereocenters. The summed E-state index contributed by atoms with van der Waals surface area (Å²) in [4.78, 5) is 9.56. The van der Waals surface area contributed by atoms with Crippen LogP contribution in [0.4, 0.5) is 0 Å². The summed E-state index contributed by atoms with van der Waals surface area (Å²) < 4.78 is 33.7. The van der Waals surface area contributed by atoms with E-state index in [9.17, 15) is 17.8 Å². The minimum Gasteiger partial charge on any atom is -0.478 e. The van der Waals surface area contributed by atoms with Crippen LogP contribution in [0.1, 0.15) is 6.92 Å². The average Bonchev–Trinajstić information content (AvgIpc) is 2.71. The number of fused-ring (bicyclic) bond motifs is 2. The zero-order valence-corrected chi connectivity index (χ0v) is 16.9. The molecule has 0 fully saturated rings. The minimum absolute atomic E-state index is 0.0375. The molecule has 0 bridgehead atoms. The maximum atomic E-state index is 12.0. The topological polar surface area (TPSA) is 91.7 Å². The third-order valence-electron chi connectivity index (χ3n) is 5.11. The highest BCUT2D eigenvalue weighted by Gasteiger charge is 2.20. The fraction of sp³-hybridized carbons (Fsp3) is 0.0417. The highest BCUT2D eigenvalue weighted by atomic mass is 32.2. The molecule has 5 aromatic carbocycles. The van der Waals surface area contributed by atoms with E-state index in [1.54, 1.807) is 6.07 Å². The molecule has 5 aromatic rings. The summed E-state index contributed by atoms with van der Waals surface area (Å²) in [6, 6.07) is 21.1. The van der Waals surface area contributed by atoms with E-state index < -0.39 is 16.1 Å². The number of hydrogen-bond acceptors (Lipinski definition) is 3. The lowest BCUT2D eigenvalue weighted by Crippen LogP contribution is -2.00. The Morgan fingerprint density at radius 3 is 1.73 bits per heavy atom. The normalized spacial score (nSPS) is 11.7. The van der Waals surface area contributed by atoms with E-state index in [1.165, 1.54) is 13.0 Å². The maximum absolute atomic E-state index is 12.0. The Morgan fingerprint density at radius 2 is 1.23 bits per heavy atom. The standard InChI is InChI=1S/C20H12O3S.C4H6O2/c21-24(22,23)17-11-10-13-6-2-8-15-14-7-1-4-12-5-3-9-16(18(12)14)20(17)19(13)15;1-3(2)4(5)6/h1-11H,(H,21,22,23);1H2,2H3,(H,5,6). The lowest BCUT2D eigenvalue weighted by atomic mass is 9.90. The number of hydrogen-bond donors (Lipinski definition) is 2. The second kappa shape index (κ2) is 7.09. The van der Waals surface area contributed by atoms with Crippen LogP contribution in [0.15, 0.2) is 83.8 Å². The van der Waals surface area contributed by atoms with Crippen molar-refractivity contribution in [2.75, 3.05) is 0 Å². The van der Waals surface area contributed by atoms with Gasteiger partial charge in [-0.15, -0.1) is 0 Å². The van der Waals surface area contributed by atoms with E-state index >= 15 is 0 Å². The van der Waals surface area contributed by atoms with Crippen molar-refractivity contribution in [1.29, 1.82) is 0 Å². The molecule has 0 radical (unpaired) electrons. The van der Waals surface area contributed by atoms with Crippen LogP contribution in [-0.4, -0.2) is 24.0 Å². The molecule has 0 spiro atoms. The van der Waals surface area contributed by atoms with Gasteiger partial charge in [0, 0.05) is 11.0 Å². The fourth-order valence-electron chi connectivity index (χ4n) is 3.84. The molecule has 0 aliphatic heterocycles. The molecule has 6 heteroatoms. The van der Waals surface area contributed by atoms with Gasteiger partial charge in [0.1, 0.15) is 4.90 Å². The Hall–Kier alpha value is -3.48. The lowest BCUT2D eigenvalue weighted by molar-refractivity contribution is -0.132. The Morgan fingerprint density at radius 1 is 0.767 bits per heavy atom. The summed E-state index contributed by atoms with van der Waals surface area (Å²) in [5, 5.41) is 15.3. The van der Waals surface area contributed by atoms with Gasteiger partial charge >= 0.3 is 5.97 Å². The van der Waals surface area contributed by atoms with Crippen molar-refractivity contribution in [3.05, 3.63) is 78.9 Å². The predicted octanol–water partition coefficient (Wildman–Crippen LogP) is 5.63. The van der Waals surface area contributed by atoms with Crippen LogP contribution in [0.3, 0.4) is 0 Å². The molecule has 0 aliphatic carbocycles. The van der Waals surface area contributed by atoms with Gasteiger partial charge < -0.3 is 5.11 Å². The summed E-state index contributed by atoms with van der Waals surface area (Å²) in [5.41, 5.74) is 0.176. The Bertz CT molecular complexity index is 1550. The molecule has 5 rings (SSSR count). The molecule has 2 N–H and O–H groups in total. The van der Waals surface area contributed by atoms with Crippen molar-refractivity contribution in [1.82, 2.24) is 0 Å². The molecular formula is C24H18O5S. The number of carboxylic acids is 1. The molecule has 0 saturated heterocycles. The molecule has 150 valence electrons. The molecular weight excluding hydrogens is 400 g/mol. The Labute approximate surface area is 172 Å². The summed E-state index contributed by atoms with van der Waals surface area (Å²) in [7, 11) is -4.32. The SMILES string of the molecule is C=C(C)C(=O)O.O=S(=O)(O)c1ccc2cccc3c4cccc5cccc(c1c23)c54. The predicted molar refractivity (Wildman–Crippen MR) is 120 cm³/mol. The number of carbonyl (C=O) groups is 1. The summed E-state index contributed by atoms with van der Waals surface area (Å²) in [6.45, 7) is 4.60. The second-order valence-electron chi connectivity index (χ2n) is 7.11. The Balaban J connectivity index is 0.000000322. The quantitative estimate of drug-likeness (QED) is 0.168. The smallest absolute Gasteiger partial charge is 0.330 e. The van der Waals surface area contributed by atoms with E-state index in [1.807, 2.05) is 48.5 Å². The first-order valence-electron chi connectivity index (χ1n) is 9.14. The monoisotopic (exact) mass is 418 g/mol. The van der Waals surface area contributed by atoms with Crippen molar-refractivity contribution in [3.63, 3.8) is 0 Å². The summed E-state index contributed by atoms with van der Waals surface area (Å²) >= 11 is 0. The van der Waals surface area contributed by atoms with Crippen LogP contribution < -0.4 is 0 Å². The zero-order chi connectivity index (χ0) is 21.6. The first-order chi connectivity index (χ1) is 14.2. The summed E-state index contributed by atoms with van der Waals surface area (Å²) in [6.07, 6.45) is 0. The van der Waals surface area contributed by atoms with Gasteiger partial charge in [0.05, 0.1) is 0 Å². The van der Waals surface area contributed by atoms with Gasteiger partial charge in [-0.3, -0.25) is 4.55 Å². The molecule has 5 nitrogen and oxygen atoms in total. The molecule has 0 heterocycles. The second-order valence-corrected chi connectivity index (χ2v) is 8.50. The van der Waals surface area contributed by atoms with Gasteiger partial charge in [0.25, 0.3) is 10.1 Å². The van der Waals surface area contributed by atoms with Crippen molar-refractivity contribution in [3.8, 4) is 0 Å². The number of aliphatic carboxylic acids is 1. The van der Waals surface area contributed by atoms with E-state index in [0.717, 1.165) is 37.7 Å². The first kappa shape index (κ1) is 19.8. The zero-order valence-electron chi connectivity index (χ0n) is 16.1. The molecule has 0 amide bonds. The van der Waals surface area contributed by atoms with Gasteiger partial charge in [-0.25, -0.2) is 4.79 Å². The van der Waals surface area contributed by atoms with Gasteiger partial charge in [0.2, 0.25) is 0 Å². The van der Waals surface area contributed by atoms with Gasteiger partial charge in [0.15, 0.2) is 0 Å². The van der Waals surface area contributed by atoms with E-state index in [4.69, 9.17) is 5.11 Å². The highest BCUT2D eigenvalue weighted by molar-refractivity contribution is 7.86. The number of rotatable bonds is 2. The highest BCUT2D eigenvalue weighted by Crippen LogP contribution is 2.42. The molecule has 0 aromatic heterocycles. The fourth-order valence-corrected chi connectivity index (χ4v) is 4.55. The first-order valence-corrected chi connectivity index (χ1v) is 10.6. The van der Waals surface area contributed by atoms with E-state index in [2.05, 4.69) is 12.6 Å². The number of carboxylic acid groups (broad SMARTS) is 1. The average molecular weight is 418 g/mol. The number of benzene rings is 5. The van der Waals surface area contributed by atoms with Gasteiger partial charge in [-0.1, -0.05) is 67.2 Å². The Kier molecular flexibility index (Phi) is 4.68. The largest absolute Gasteiger partial charge is 0.478 e. The van der Waals surface area contributed by atoms with E-state index in [0.29, 0.717) is 5.39 Å². The van der Waals surface area contributed by atoms with Crippen LogP contribution >= 0.6 is 0 Å². The minimum atomic E-state index is -4.32. The molecule has 30 heavy (non-hydrogen) atoms. The van der Waals surface area contributed by atoms with Gasteiger partial charge in [-0.05, 0) is 50.7 Å². The van der Waals surface area contributed by atoms with Crippen LogP contribution in [0, 0.1) is 0 Å². The lowest BCUT2D eigenvalue weighted by Gasteiger charge is -2.16. The van der Waals surface area contributed by atoms with Crippen molar-refractivity contribution in [2.45, 2.75) is 11.8 Å².